The van der Waals surface area contributed by atoms with Gasteiger partial charge in [-0.15, -0.1) is 0 Å². The summed E-state index contributed by atoms with van der Waals surface area (Å²) < 4.78 is 0. The van der Waals surface area contributed by atoms with E-state index in [1.165, 1.54) is 103 Å². The fourth-order valence-electron chi connectivity index (χ4n) is 2.72. The summed E-state index contributed by atoms with van der Waals surface area (Å²) in [5.74, 6) is 0. The molecule has 0 aliphatic carbocycles. The monoisotopic (exact) mass is 328 g/mol. The standard InChI is InChI=1S/C18H39N.ClH.Na/c1-2-3-4-5-6-7-8-9-10-11-12-13-14-15-16-17-18-19;;/h2-19H2,1H3;1H;. The minimum absolute atomic E-state index is 0. The molecule has 0 atom stereocenters. The van der Waals surface area contributed by atoms with Crippen LogP contribution in [0.25, 0.3) is 0 Å². The number of unbranched alkanes of at least 4 members (excludes halogenated alkanes) is 15. The van der Waals surface area contributed by atoms with Crippen LogP contribution in [0.5, 0.6) is 0 Å². The average Bonchev–Trinajstić information content (AvgIpc) is 2.43. The van der Waals surface area contributed by atoms with Gasteiger partial charge in [-0.05, 0) is 12.8 Å². The first kappa shape index (κ1) is 27.1. The predicted molar refractivity (Wildman–Crippen MR) is 93.1 cm³/mol. The van der Waals surface area contributed by atoms with Gasteiger partial charge in [-0.25, -0.2) is 0 Å². The van der Waals surface area contributed by atoms with Gasteiger partial charge in [-0.1, -0.05) is 96.8 Å². The van der Waals surface area contributed by atoms with Crippen molar-refractivity contribution in [2.75, 3.05) is 6.54 Å². The molecule has 0 aliphatic heterocycles. The maximum atomic E-state index is 3.89. The van der Waals surface area contributed by atoms with Gasteiger partial charge in [-0.3, -0.25) is 0 Å². The summed E-state index contributed by atoms with van der Waals surface area (Å²) in [6, 6.07) is 0. The van der Waals surface area contributed by atoms with Crippen LogP contribution in [0.1, 0.15) is 110 Å². The molecule has 0 saturated carbocycles. The maximum absolute atomic E-state index is 3.89. The Morgan fingerprint density at radius 1 is 0.476 bits per heavy atom. The van der Waals surface area contributed by atoms with E-state index in [-0.39, 0.29) is 42.0 Å². The molecule has 0 rings (SSSR count). The molecule has 125 valence electrons. The molecule has 1 nitrogen and oxygen atoms in total. The quantitative estimate of drug-likeness (QED) is 0.332. The second kappa shape index (κ2) is 26.2. The summed E-state index contributed by atoms with van der Waals surface area (Å²) in [5, 5.41) is 0. The Labute approximate surface area is 163 Å². The van der Waals surface area contributed by atoms with E-state index < -0.39 is 0 Å². The van der Waals surface area contributed by atoms with Gasteiger partial charge in [0.05, 0.1) is 6.54 Å². The van der Waals surface area contributed by atoms with Crippen LogP contribution in [0.3, 0.4) is 0 Å². The van der Waals surface area contributed by atoms with E-state index in [1.807, 2.05) is 0 Å². The van der Waals surface area contributed by atoms with Gasteiger partial charge in [0.25, 0.3) is 0 Å². The fraction of sp³-hybridized carbons (Fsp3) is 1.00. The Morgan fingerprint density at radius 3 is 0.952 bits per heavy atom. The summed E-state index contributed by atoms with van der Waals surface area (Å²) in [6.45, 7) is 3.42. The van der Waals surface area contributed by atoms with Gasteiger partial charge in [0.2, 0.25) is 0 Å². The van der Waals surface area contributed by atoms with Crippen LogP contribution < -0.4 is 18.1 Å². The molecule has 0 aliphatic rings. The van der Waals surface area contributed by atoms with Crippen molar-refractivity contribution in [2.24, 2.45) is 0 Å². The van der Waals surface area contributed by atoms with Crippen LogP contribution in [-0.4, -0.2) is 36.1 Å². The Balaban J connectivity index is -0.00000162. The molecule has 1 radical (unpaired) electrons. The van der Waals surface area contributed by atoms with Crippen molar-refractivity contribution in [3.8, 4) is 0 Å². The van der Waals surface area contributed by atoms with Crippen molar-refractivity contribution >= 4 is 29.6 Å². The predicted octanol–water partition coefficient (Wildman–Crippen LogP) is 2.11. The third kappa shape index (κ3) is 26.5. The number of rotatable bonds is 16. The van der Waals surface area contributed by atoms with E-state index in [4.69, 9.17) is 0 Å². The summed E-state index contributed by atoms with van der Waals surface area (Å²) in [5.41, 5.74) is 3.89. The third-order valence-electron chi connectivity index (χ3n) is 4.10. The number of hydrogen-bond acceptors (Lipinski definition) is 0. The number of hydrogen-bond donors (Lipinski definition) is 1. The summed E-state index contributed by atoms with van der Waals surface area (Å²) in [7, 11) is 0. The van der Waals surface area contributed by atoms with Crippen LogP contribution in [-0.2, 0) is 0 Å². The molecule has 0 bridgehead atoms. The van der Waals surface area contributed by atoms with E-state index in [0.29, 0.717) is 0 Å². The molecule has 21 heavy (non-hydrogen) atoms. The van der Waals surface area contributed by atoms with E-state index >= 15 is 0 Å². The molecule has 0 spiro atoms. The Bertz CT molecular complexity index is 140. The molecule has 3 N–H and O–H groups in total. The van der Waals surface area contributed by atoms with E-state index in [2.05, 4.69) is 12.7 Å². The number of halogens is 1. The van der Waals surface area contributed by atoms with Gasteiger partial charge in [-0.2, -0.15) is 0 Å². The maximum Gasteiger partial charge on any atom is 0.0739 e. The zero-order chi connectivity index (χ0) is 14.0. The van der Waals surface area contributed by atoms with Gasteiger partial charge < -0.3 is 18.1 Å². The zero-order valence-electron chi connectivity index (χ0n) is 15.1. The van der Waals surface area contributed by atoms with Crippen molar-refractivity contribution in [3.63, 3.8) is 0 Å². The molecule has 0 aromatic rings. The van der Waals surface area contributed by atoms with E-state index in [1.54, 1.807) is 0 Å². The molecule has 0 fully saturated rings. The van der Waals surface area contributed by atoms with E-state index in [0.717, 1.165) is 6.54 Å². The van der Waals surface area contributed by atoms with Crippen molar-refractivity contribution < 1.29 is 18.1 Å². The van der Waals surface area contributed by atoms with Crippen LogP contribution in [0.2, 0.25) is 0 Å². The summed E-state index contributed by atoms with van der Waals surface area (Å²) in [4.78, 5) is 0. The van der Waals surface area contributed by atoms with Crippen LogP contribution in [0.4, 0.5) is 0 Å². The van der Waals surface area contributed by atoms with Gasteiger partial charge >= 0.3 is 0 Å². The van der Waals surface area contributed by atoms with Crippen molar-refractivity contribution in [1.29, 1.82) is 0 Å². The van der Waals surface area contributed by atoms with Gasteiger partial charge in [0.1, 0.15) is 0 Å². The molecule has 0 unspecified atom stereocenters. The second-order valence-electron chi connectivity index (χ2n) is 6.16. The largest absolute Gasteiger partial charge is 1.00 e. The van der Waals surface area contributed by atoms with Gasteiger partial charge in [0.15, 0.2) is 0 Å². The number of quaternary nitrogens is 1. The first-order chi connectivity index (χ1) is 9.41. The molecule has 0 aromatic heterocycles. The van der Waals surface area contributed by atoms with Crippen molar-refractivity contribution in [1.82, 2.24) is 0 Å². The third-order valence-corrected chi connectivity index (χ3v) is 4.10. The Morgan fingerprint density at radius 2 is 0.714 bits per heavy atom. The minimum atomic E-state index is 0. The van der Waals surface area contributed by atoms with E-state index in [9.17, 15) is 0 Å². The molecule has 0 heterocycles. The molecule has 0 aromatic carbocycles. The minimum Gasteiger partial charge on any atom is -1.00 e. The van der Waals surface area contributed by atoms with Crippen molar-refractivity contribution in [2.45, 2.75) is 110 Å². The van der Waals surface area contributed by atoms with Crippen LogP contribution in [0.15, 0.2) is 0 Å². The van der Waals surface area contributed by atoms with Gasteiger partial charge in [0, 0.05) is 29.6 Å². The molecule has 0 amide bonds. The van der Waals surface area contributed by atoms with Crippen LogP contribution in [0, 0.1) is 0 Å². The molecular formula is C18H40ClNNa. The molecule has 3 heteroatoms. The topological polar surface area (TPSA) is 27.6 Å². The van der Waals surface area contributed by atoms with Crippen LogP contribution >= 0.6 is 0 Å². The zero-order valence-corrected chi connectivity index (χ0v) is 17.9. The normalized spacial score (nSPS) is 10.0. The first-order valence-electron chi connectivity index (χ1n) is 9.21. The summed E-state index contributed by atoms with van der Waals surface area (Å²) >= 11 is 0. The first-order valence-corrected chi connectivity index (χ1v) is 9.21. The second-order valence-corrected chi connectivity index (χ2v) is 6.16. The fourth-order valence-corrected chi connectivity index (χ4v) is 2.72. The summed E-state index contributed by atoms with van der Waals surface area (Å²) in [6.07, 6.45) is 23.2. The van der Waals surface area contributed by atoms with Crippen molar-refractivity contribution in [3.05, 3.63) is 0 Å². The molecular weight excluding hydrogens is 289 g/mol. The SMILES string of the molecule is CCCCCCCCCCCCCCCCCC[NH3+].[Cl-].[Na]. The molecule has 0 saturated heterocycles. The Kier molecular flexibility index (Phi) is 33.8. The smallest absolute Gasteiger partial charge is 0.0739 e. The average molecular weight is 329 g/mol. The Hall–Kier alpha value is 1.25.